The van der Waals surface area contributed by atoms with Gasteiger partial charge < -0.3 is 5.32 Å². The topological polar surface area (TPSA) is 72.2 Å². The van der Waals surface area contributed by atoms with E-state index in [1.165, 1.54) is 18.2 Å². The fourth-order valence-electron chi connectivity index (χ4n) is 3.75. The highest BCUT2D eigenvalue weighted by Gasteiger charge is 2.20. The molecule has 0 radical (unpaired) electrons. The molecule has 34 heavy (non-hydrogen) atoms. The summed E-state index contributed by atoms with van der Waals surface area (Å²) in [4.78, 5) is 22.8. The van der Waals surface area contributed by atoms with Crippen LogP contribution in [-0.4, -0.2) is 10.8 Å². The van der Waals surface area contributed by atoms with Gasteiger partial charge in [-0.25, -0.2) is 0 Å². The Labute approximate surface area is 202 Å². The number of nitrogens with one attached hydrogen (secondary N) is 1. The molecule has 6 heteroatoms. The third kappa shape index (κ3) is 5.57. The van der Waals surface area contributed by atoms with Crippen LogP contribution in [0, 0.1) is 10.1 Å². The molecule has 4 rings (SSSR count). The lowest BCUT2D eigenvalue weighted by atomic mass is 9.85. The van der Waals surface area contributed by atoms with Gasteiger partial charge in [-0.15, -0.1) is 0 Å². The van der Waals surface area contributed by atoms with Crippen LogP contribution in [0.3, 0.4) is 0 Å². The van der Waals surface area contributed by atoms with Gasteiger partial charge in [0.1, 0.15) is 0 Å². The van der Waals surface area contributed by atoms with E-state index in [9.17, 15) is 14.9 Å². The van der Waals surface area contributed by atoms with E-state index in [1.54, 1.807) is 30.3 Å². The van der Waals surface area contributed by atoms with Gasteiger partial charge in [0.2, 0.25) is 5.91 Å². The molecule has 0 aliphatic heterocycles. The van der Waals surface area contributed by atoms with E-state index >= 15 is 0 Å². The second-order valence-corrected chi connectivity index (χ2v) is 8.07. The first-order valence-corrected chi connectivity index (χ1v) is 11.0. The third-order valence-electron chi connectivity index (χ3n) is 5.37. The highest BCUT2D eigenvalue weighted by molar-refractivity contribution is 6.31. The number of nitrogens with zero attached hydrogens (tertiary/aromatic N) is 1. The van der Waals surface area contributed by atoms with Gasteiger partial charge in [-0.3, -0.25) is 14.9 Å². The lowest BCUT2D eigenvalue weighted by Crippen LogP contribution is -2.09. The minimum atomic E-state index is -0.462. The molecule has 5 nitrogen and oxygen atoms in total. The van der Waals surface area contributed by atoms with Crippen LogP contribution in [-0.2, 0) is 4.79 Å². The number of hydrogen-bond acceptors (Lipinski definition) is 3. The molecule has 0 aliphatic rings. The van der Waals surface area contributed by atoms with Gasteiger partial charge in [0, 0.05) is 34.8 Å². The summed E-state index contributed by atoms with van der Waals surface area (Å²) >= 11 is 6.63. The predicted octanol–water partition coefficient (Wildman–Crippen LogP) is 7.08. The smallest absolute Gasteiger partial charge is 0.269 e. The first-order chi connectivity index (χ1) is 16.5. The number of nitro benzene ring substituents is 1. The maximum Gasteiger partial charge on any atom is 0.269 e. The average Bonchev–Trinajstić information content (AvgIpc) is 2.86. The number of halogens is 1. The van der Waals surface area contributed by atoms with Gasteiger partial charge in [-0.1, -0.05) is 72.3 Å². The molecule has 168 valence electrons. The van der Waals surface area contributed by atoms with Gasteiger partial charge in [0.25, 0.3) is 5.69 Å². The highest BCUT2D eigenvalue weighted by atomic mass is 35.5. The lowest BCUT2D eigenvalue weighted by Gasteiger charge is -2.21. The number of nitro groups is 1. The third-order valence-corrected chi connectivity index (χ3v) is 5.72. The Balaban J connectivity index is 1.58. The first-order valence-electron chi connectivity index (χ1n) is 10.6. The van der Waals surface area contributed by atoms with E-state index in [-0.39, 0.29) is 17.5 Å². The van der Waals surface area contributed by atoms with Crippen LogP contribution in [0.15, 0.2) is 109 Å². The Kier molecular flexibility index (Phi) is 7.16. The second kappa shape index (κ2) is 10.6. The first kappa shape index (κ1) is 23.0. The van der Waals surface area contributed by atoms with Crippen molar-refractivity contribution >= 4 is 35.0 Å². The van der Waals surface area contributed by atoms with Crippen molar-refractivity contribution in [1.82, 2.24) is 0 Å². The maximum atomic E-state index is 12.5. The maximum absolute atomic E-state index is 12.5. The number of carbonyl (C=O) groups is 1. The van der Waals surface area contributed by atoms with E-state index in [4.69, 9.17) is 11.6 Å². The number of benzene rings is 4. The van der Waals surface area contributed by atoms with Crippen LogP contribution in [0.4, 0.5) is 11.4 Å². The Morgan fingerprint density at radius 3 is 2.00 bits per heavy atom. The molecule has 0 saturated carbocycles. The summed E-state index contributed by atoms with van der Waals surface area (Å²) in [5.74, 6) is -0.412. The summed E-state index contributed by atoms with van der Waals surface area (Å²) < 4.78 is 0. The van der Waals surface area contributed by atoms with Crippen molar-refractivity contribution in [2.45, 2.75) is 5.92 Å². The molecule has 0 unspecified atom stereocenters. The molecule has 0 heterocycles. The largest absolute Gasteiger partial charge is 0.323 e. The highest BCUT2D eigenvalue weighted by Crippen LogP contribution is 2.37. The zero-order chi connectivity index (χ0) is 23.9. The van der Waals surface area contributed by atoms with Crippen molar-refractivity contribution in [3.8, 4) is 0 Å². The van der Waals surface area contributed by atoms with E-state index < -0.39 is 4.92 Å². The van der Waals surface area contributed by atoms with Crippen molar-refractivity contribution in [1.29, 1.82) is 0 Å². The van der Waals surface area contributed by atoms with Crippen molar-refractivity contribution in [3.63, 3.8) is 0 Å². The molecule has 0 aliphatic carbocycles. The van der Waals surface area contributed by atoms with Crippen molar-refractivity contribution in [2.75, 3.05) is 5.32 Å². The molecular formula is C28H21ClN2O3. The molecule has 0 atom stereocenters. The van der Waals surface area contributed by atoms with E-state index in [1.807, 2.05) is 42.5 Å². The Morgan fingerprint density at radius 2 is 1.44 bits per heavy atom. The fraction of sp³-hybridized carbons (Fsp3) is 0.0357. The monoisotopic (exact) mass is 468 g/mol. The summed E-state index contributed by atoms with van der Waals surface area (Å²) in [7, 11) is 0. The van der Waals surface area contributed by atoms with E-state index in [2.05, 4.69) is 29.6 Å². The normalized spacial score (nSPS) is 11.0. The van der Waals surface area contributed by atoms with E-state index in [0.717, 1.165) is 16.7 Å². The van der Waals surface area contributed by atoms with Crippen molar-refractivity contribution < 1.29 is 9.72 Å². The standard InChI is InChI=1S/C28H21ClN2O3/c29-26-17-14-23(30-27(32)18-13-20-11-15-24(16-12-20)31(33)34)19-25(26)28(21-7-3-1-4-8-21)22-9-5-2-6-10-22/h1-19,28H,(H,30,32). The summed E-state index contributed by atoms with van der Waals surface area (Å²) in [6.07, 6.45) is 2.99. The van der Waals surface area contributed by atoms with Crippen LogP contribution >= 0.6 is 11.6 Å². The van der Waals surface area contributed by atoms with E-state index in [0.29, 0.717) is 16.3 Å². The number of hydrogen-bond donors (Lipinski definition) is 1. The fourth-order valence-corrected chi connectivity index (χ4v) is 3.97. The summed E-state index contributed by atoms with van der Waals surface area (Å²) in [5, 5.41) is 14.3. The lowest BCUT2D eigenvalue weighted by molar-refractivity contribution is -0.384. The van der Waals surface area contributed by atoms with Crippen LogP contribution in [0.2, 0.25) is 5.02 Å². The molecule has 1 amide bonds. The molecule has 1 N–H and O–H groups in total. The summed E-state index contributed by atoms with van der Waals surface area (Å²) in [5.41, 5.74) is 4.38. The SMILES string of the molecule is O=C(C=Cc1ccc([N+](=O)[O-])cc1)Nc1ccc(Cl)c(C(c2ccccc2)c2ccccc2)c1. The van der Waals surface area contributed by atoms with Crippen molar-refractivity contribution in [3.05, 3.63) is 147 Å². The Morgan fingerprint density at radius 1 is 0.853 bits per heavy atom. The van der Waals surface area contributed by atoms with Gasteiger partial charge in [-0.2, -0.15) is 0 Å². The minimum Gasteiger partial charge on any atom is -0.323 e. The van der Waals surface area contributed by atoms with Gasteiger partial charge in [0.05, 0.1) is 4.92 Å². The molecule has 0 aromatic heterocycles. The molecule has 4 aromatic rings. The Hall–Kier alpha value is -4.22. The second-order valence-electron chi connectivity index (χ2n) is 7.66. The number of amides is 1. The Bertz CT molecular complexity index is 1280. The van der Waals surface area contributed by atoms with Gasteiger partial charge in [-0.05, 0) is 58.7 Å². The number of non-ortho nitro benzene ring substituents is 1. The number of anilines is 1. The summed E-state index contributed by atoms with van der Waals surface area (Å²) in [6.45, 7) is 0. The number of rotatable bonds is 7. The van der Waals surface area contributed by atoms with Crippen LogP contribution in [0.5, 0.6) is 0 Å². The molecule has 0 fully saturated rings. The van der Waals surface area contributed by atoms with Crippen LogP contribution in [0.1, 0.15) is 28.2 Å². The molecule has 0 spiro atoms. The predicted molar refractivity (Wildman–Crippen MR) is 136 cm³/mol. The number of carbonyl (C=O) groups excluding carboxylic acids is 1. The minimum absolute atomic E-state index is 0.00156. The molecule has 4 aromatic carbocycles. The molecule has 0 saturated heterocycles. The molecular weight excluding hydrogens is 448 g/mol. The van der Waals surface area contributed by atoms with Crippen LogP contribution in [0.25, 0.3) is 6.08 Å². The average molecular weight is 469 g/mol. The van der Waals surface area contributed by atoms with Crippen molar-refractivity contribution in [2.24, 2.45) is 0 Å². The van der Waals surface area contributed by atoms with Crippen LogP contribution < -0.4 is 5.32 Å². The van der Waals surface area contributed by atoms with Gasteiger partial charge >= 0.3 is 0 Å². The van der Waals surface area contributed by atoms with Gasteiger partial charge in [0.15, 0.2) is 0 Å². The summed E-state index contributed by atoms with van der Waals surface area (Å²) in [6, 6.07) is 31.6. The zero-order valence-electron chi connectivity index (χ0n) is 18.1. The molecule has 0 bridgehead atoms. The zero-order valence-corrected chi connectivity index (χ0v) is 18.9. The quantitative estimate of drug-likeness (QED) is 0.136.